The van der Waals surface area contributed by atoms with E-state index < -0.39 is 15.3 Å². The van der Waals surface area contributed by atoms with Crippen molar-refractivity contribution < 1.29 is 8.42 Å². The number of hydrogen-bond acceptors (Lipinski definition) is 4. The van der Waals surface area contributed by atoms with Gasteiger partial charge in [0.1, 0.15) is 0 Å². The van der Waals surface area contributed by atoms with Gasteiger partial charge < -0.3 is 10.6 Å². The van der Waals surface area contributed by atoms with Gasteiger partial charge in [-0.1, -0.05) is 13.8 Å². The molecule has 0 spiro atoms. The zero-order valence-electron chi connectivity index (χ0n) is 11.5. The van der Waals surface area contributed by atoms with Crippen molar-refractivity contribution in [3.8, 4) is 0 Å². The van der Waals surface area contributed by atoms with Crippen molar-refractivity contribution in [1.29, 1.82) is 0 Å². The lowest BCUT2D eigenvalue weighted by atomic mass is 10.3. The van der Waals surface area contributed by atoms with Crippen LogP contribution < -0.4 is 5.73 Å². The van der Waals surface area contributed by atoms with Crippen LogP contribution in [0, 0.1) is 0 Å². The van der Waals surface area contributed by atoms with Gasteiger partial charge in [-0.15, -0.1) is 0 Å². The van der Waals surface area contributed by atoms with Gasteiger partial charge in [-0.25, -0.2) is 12.7 Å². The summed E-state index contributed by atoms with van der Waals surface area (Å²) in [5.41, 5.74) is 5.54. The van der Waals surface area contributed by atoms with Crippen molar-refractivity contribution in [2.75, 3.05) is 40.3 Å². The molecule has 0 bridgehead atoms. The van der Waals surface area contributed by atoms with E-state index in [0.29, 0.717) is 19.5 Å². The second-order valence-electron chi connectivity index (χ2n) is 4.51. The summed E-state index contributed by atoms with van der Waals surface area (Å²) < 4.78 is 26.2. The van der Waals surface area contributed by atoms with Crippen LogP contribution in [0.15, 0.2) is 0 Å². The molecule has 0 aromatic heterocycles. The zero-order chi connectivity index (χ0) is 13.5. The van der Waals surface area contributed by atoms with Crippen LogP contribution in [0.4, 0.5) is 0 Å². The van der Waals surface area contributed by atoms with Crippen LogP contribution in [-0.4, -0.2) is 63.1 Å². The van der Waals surface area contributed by atoms with Gasteiger partial charge in [0, 0.05) is 26.2 Å². The summed E-state index contributed by atoms with van der Waals surface area (Å²) in [4.78, 5) is 1.99. The van der Waals surface area contributed by atoms with Gasteiger partial charge in [0.25, 0.3) is 0 Å². The number of sulfonamides is 1. The Bertz CT molecular complexity index is 287. The molecule has 0 saturated carbocycles. The maximum atomic E-state index is 12.3. The van der Waals surface area contributed by atoms with E-state index >= 15 is 0 Å². The molecule has 17 heavy (non-hydrogen) atoms. The first-order valence-corrected chi connectivity index (χ1v) is 7.74. The molecule has 0 aromatic carbocycles. The number of likely N-dealkylation sites (N-methyl/N-ethyl adjacent to an activating group) is 1. The molecule has 5 nitrogen and oxygen atoms in total. The highest BCUT2D eigenvalue weighted by Gasteiger charge is 2.28. The van der Waals surface area contributed by atoms with Crippen LogP contribution in [0.5, 0.6) is 0 Å². The smallest absolute Gasteiger partial charge is 0.218 e. The molecule has 1 unspecified atom stereocenters. The Morgan fingerprint density at radius 3 is 2.06 bits per heavy atom. The number of nitrogens with zero attached hydrogens (tertiary/aromatic N) is 2. The van der Waals surface area contributed by atoms with Gasteiger partial charge in [0.2, 0.25) is 10.0 Å². The molecule has 2 N–H and O–H groups in total. The van der Waals surface area contributed by atoms with E-state index in [1.54, 1.807) is 4.31 Å². The summed E-state index contributed by atoms with van der Waals surface area (Å²) >= 11 is 0. The van der Waals surface area contributed by atoms with Crippen molar-refractivity contribution in [3.05, 3.63) is 0 Å². The van der Waals surface area contributed by atoms with Crippen molar-refractivity contribution in [2.45, 2.75) is 31.9 Å². The molecule has 104 valence electrons. The van der Waals surface area contributed by atoms with Gasteiger partial charge >= 0.3 is 0 Å². The summed E-state index contributed by atoms with van der Waals surface area (Å²) in [5.74, 6) is 0. The maximum absolute atomic E-state index is 12.3. The Hall–Kier alpha value is -0.170. The molecular weight excluding hydrogens is 238 g/mol. The highest BCUT2D eigenvalue weighted by Crippen LogP contribution is 2.12. The van der Waals surface area contributed by atoms with E-state index in [4.69, 9.17) is 5.73 Å². The Balaban J connectivity index is 4.77. The first kappa shape index (κ1) is 16.8. The highest BCUT2D eigenvalue weighted by molar-refractivity contribution is 7.89. The lowest BCUT2D eigenvalue weighted by Crippen LogP contribution is -2.44. The van der Waals surface area contributed by atoms with Crippen LogP contribution >= 0.6 is 0 Å². The molecule has 0 aliphatic heterocycles. The van der Waals surface area contributed by atoms with Crippen molar-refractivity contribution in [1.82, 2.24) is 9.21 Å². The molecule has 0 aromatic rings. The molecule has 0 saturated heterocycles. The third kappa shape index (κ3) is 5.33. The van der Waals surface area contributed by atoms with Crippen molar-refractivity contribution in [2.24, 2.45) is 5.73 Å². The normalized spacial score (nSPS) is 14.5. The van der Waals surface area contributed by atoms with Gasteiger partial charge in [-0.3, -0.25) is 0 Å². The minimum absolute atomic E-state index is 0.195. The van der Waals surface area contributed by atoms with Crippen LogP contribution in [0.25, 0.3) is 0 Å². The van der Waals surface area contributed by atoms with Gasteiger partial charge in [0.05, 0.1) is 5.25 Å². The predicted molar refractivity (Wildman–Crippen MR) is 72.5 cm³/mol. The van der Waals surface area contributed by atoms with Gasteiger partial charge in [0.15, 0.2) is 0 Å². The quantitative estimate of drug-likeness (QED) is 0.652. The van der Waals surface area contributed by atoms with E-state index in [1.807, 2.05) is 32.8 Å². The number of hydrogen-bond donors (Lipinski definition) is 1. The van der Waals surface area contributed by atoms with Crippen LogP contribution in [0.2, 0.25) is 0 Å². The fourth-order valence-electron chi connectivity index (χ4n) is 1.64. The summed E-state index contributed by atoms with van der Waals surface area (Å²) in [6.45, 7) is 5.90. The third-order valence-corrected chi connectivity index (χ3v) is 5.22. The summed E-state index contributed by atoms with van der Waals surface area (Å²) in [7, 11) is 0.643. The summed E-state index contributed by atoms with van der Waals surface area (Å²) in [5, 5.41) is -0.448. The van der Waals surface area contributed by atoms with Crippen molar-refractivity contribution in [3.63, 3.8) is 0 Å². The predicted octanol–water partition coefficient (Wildman–Crippen LogP) is 0.327. The third-order valence-electron chi connectivity index (χ3n) is 2.77. The molecule has 0 heterocycles. The molecule has 0 fully saturated rings. The first-order valence-electron chi connectivity index (χ1n) is 6.23. The van der Waals surface area contributed by atoms with E-state index in [2.05, 4.69) is 0 Å². The Morgan fingerprint density at radius 1 is 1.12 bits per heavy atom. The van der Waals surface area contributed by atoms with Crippen LogP contribution in [-0.2, 0) is 10.0 Å². The van der Waals surface area contributed by atoms with E-state index in [1.165, 1.54) is 0 Å². The topological polar surface area (TPSA) is 66.6 Å². The number of rotatable bonds is 9. The van der Waals surface area contributed by atoms with Crippen LogP contribution in [0.1, 0.15) is 26.7 Å². The summed E-state index contributed by atoms with van der Waals surface area (Å²) in [6.07, 6.45) is 1.40. The second-order valence-corrected chi connectivity index (χ2v) is 6.73. The van der Waals surface area contributed by atoms with Crippen LogP contribution in [0.3, 0.4) is 0 Å². The standard InChI is InChI=1S/C11H27N3O2S/c1-5-7-14(9-8-13(3)4)17(15,16)11(6-2)10-12/h11H,5-10,12H2,1-4H3. The molecule has 0 rings (SSSR count). The van der Waals surface area contributed by atoms with E-state index in [9.17, 15) is 8.42 Å². The Kier molecular flexibility index (Phi) is 7.94. The maximum Gasteiger partial charge on any atom is 0.218 e. The molecule has 0 aliphatic carbocycles. The lowest BCUT2D eigenvalue weighted by Gasteiger charge is -2.27. The first-order chi connectivity index (χ1) is 7.89. The number of nitrogens with two attached hydrogens (primary N) is 1. The minimum atomic E-state index is -3.24. The minimum Gasteiger partial charge on any atom is -0.329 e. The Labute approximate surface area is 106 Å². The fraction of sp³-hybridized carbons (Fsp3) is 1.00. The monoisotopic (exact) mass is 265 g/mol. The van der Waals surface area contributed by atoms with Crippen molar-refractivity contribution >= 4 is 10.0 Å². The van der Waals surface area contributed by atoms with Gasteiger partial charge in [-0.2, -0.15) is 0 Å². The fourth-order valence-corrected chi connectivity index (χ4v) is 3.50. The largest absolute Gasteiger partial charge is 0.329 e. The molecule has 0 radical (unpaired) electrons. The molecular formula is C11H27N3O2S. The van der Waals surface area contributed by atoms with E-state index in [-0.39, 0.29) is 6.54 Å². The van der Waals surface area contributed by atoms with E-state index in [0.717, 1.165) is 13.0 Å². The van der Waals surface area contributed by atoms with Gasteiger partial charge in [-0.05, 0) is 26.9 Å². The lowest BCUT2D eigenvalue weighted by molar-refractivity contribution is 0.330. The SMILES string of the molecule is CCCN(CCN(C)C)S(=O)(=O)C(CC)CN. The zero-order valence-corrected chi connectivity index (χ0v) is 12.3. The average Bonchev–Trinajstić information content (AvgIpc) is 2.24. The molecule has 1 atom stereocenters. The molecule has 0 amide bonds. The highest BCUT2D eigenvalue weighted by atomic mass is 32.2. The second kappa shape index (κ2) is 8.02. The summed E-state index contributed by atoms with van der Waals surface area (Å²) in [6, 6.07) is 0. The molecule has 6 heteroatoms. The average molecular weight is 265 g/mol. The Morgan fingerprint density at radius 2 is 1.71 bits per heavy atom. The molecule has 0 aliphatic rings.